The molecule has 9 heteroatoms. The van der Waals surface area contributed by atoms with Gasteiger partial charge in [0, 0.05) is 5.88 Å². The summed E-state index contributed by atoms with van der Waals surface area (Å²) in [6.07, 6.45) is 0. The van der Waals surface area contributed by atoms with Gasteiger partial charge in [0.05, 0.1) is 22.5 Å². The first-order valence-corrected chi connectivity index (χ1v) is 7.43. The molecule has 0 saturated carbocycles. The van der Waals surface area contributed by atoms with Gasteiger partial charge < -0.3 is 9.97 Å². The Hall–Kier alpha value is -1.80. The van der Waals surface area contributed by atoms with Crippen LogP contribution in [0.2, 0.25) is 0 Å². The van der Waals surface area contributed by atoms with Gasteiger partial charge in [-0.3, -0.25) is 14.3 Å². The van der Waals surface area contributed by atoms with Crippen LogP contribution in [0.15, 0.2) is 27.8 Å². The van der Waals surface area contributed by atoms with Crippen molar-refractivity contribution in [3.8, 4) is 0 Å². The number of H-pyrrole nitrogens is 2. The van der Waals surface area contributed by atoms with Gasteiger partial charge in [-0.15, -0.1) is 11.6 Å². The maximum atomic E-state index is 11.5. The number of hydrogen-bond donors (Lipinski definition) is 3. The summed E-state index contributed by atoms with van der Waals surface area (Å²) < 4.78 is 25.4. The molecule has 1 aromatic heterocycles. The number of aromatic amines is 2. The second kappa shape index (κ2) is 5.06. The summed E-state index contributed by atoms with van der Waals surface area (Å²) in [6, 6.07) is 4.38. The van der Waals surface area contributed by atoms with E-state index in [1.165, 1.54) is 18.2 Å². The topological polar surface area (TPSA) is 112 Å². The van der Waals surface area contributed by atoms with E-state index in [4.69, 9.17) is 11.6 Å². The monoisotopic (exact) mass is 303 g/mol. The summed E-state index contributed by atoms with van der Waals surface area (Å²) in [7, 11) is -3.52. The lowest BCUT2D eigenvalue weighted by molar-refractivity contribution is 0.602. The lowest BCUT2D eigenvalue weighted by Gasteiger charge is -2.07. The normalized spacial score (nSPS) is 11.6. The quantitative estimate of drug-likeness (QED) is 0.553. The first kappa shape index (κ1) is 13.6. The fourth-order valence-electron chi connectivity index (χ4n) is 1.51. The molecule has 0 bridgehead atoms. The van der Waals surface area contributed by atoms with Gasteiger partial charge in [0.1, 0.15) is 0 Å². The molecule has 2 rings (SSSR count). The smallest absolute Gasteiger partial charge is 0.314 e. The minimum atomic E-state index is -3.52. The highest BCUT2D eigenvalue weighted by atomic mass is 35.5. The molecule has 1 aromatic carbocycles. The van der Waals surface area contributed by atoms with Crippen LogP contribution in [0.5, 0.6) is 0 Å². The fourth-order valence-corrected chi connectivity index (χ4v) is 2.91. The lowest BCUT2D eigenvalue weighted by Crippen LogP contribution is -2.28. The van der Waals surface area contributed by atoms with Crippen molar-refractivity contribution in [3.05, 3.63) is 38.9 Å². The minimum absolute atomic E-state index is 0.0208. The van der Waals surface area contributed by atoms with Gasteiger partial charge in [-0.2, -0.15) is 0 Å². The van der Waals surface area contributed by atoms with Crippen LogP contribution >= 0.6 is 11.6 Å². The highest BCUT2D eigenvalue weighted by Crippen LogP contribution is 2.15. The van der Waals surface area contributed by atoms with Crippen LogP contribution in [0, 0.1) is 0 Å². The third-order valence-electron chi connectivity index (χ3n) is 2.34. The molecule has 7 nitrogen and oxygen atoms in total. The Labute approximate surface area is 112 Å². The van der Waals surface area contributed by atoms with Crippen molar-refractivity contribution in [3.63, 3.8) is 0 Å². The molecule has 0 unspecified atom stereocenters. The van der Waals surface area contributed by atoms with Crippen LogP contribution < -0.4 is 15.8 Å². The van der Waals surface area contributed by atoms with Gasteiger partial charge in [0.15, 0.2) is 0 Å². The molecule has 0 fully saturated rings. The molecule has 0 aliphatic carbocycles. The van der Waals surface area contributed by atoms with Gasteiger partial charge in [-0.1, -0.05) is 0 Å². The van der Waals surface area contributed by atoms with E-state index >= 15 is 0 Å². The van der Waals surface area contributed by atoms with Gasteiger partial charge in [0.25, 0.3) is 0 Å². The van der Waals surface area contributed by atoms with E-state index in [1.54, 1.807) is 0 Å². The number of anilines is 1. The van der Waals surface area contributed by atoms with Crippen LogP contribution in [0.3, 0.4) is 0 Å². The Morgan fingerprint density at radius 3 is 2.37 bits per heavy atom. The summed E-state index contributed by atoms with van der Waals surface area (Å²) in [5.74, 6) is -0.234. The lowest BCUT2D eigenvalue weighted by atomic mass is 10.3. The zero-order chi connectivity index (χ0) is 14.0. The van der Waals surface area contributed by atoms with Crippen molar-refractivity contribution in [1.82, 2.24) is 9.97 Å². The molecule has 19 heavy (non-hydrogen) atoms. The number of aromatic nitrogens is 2. The standard InChI is InChI=1S/C10H10ClN3O4S/c11-3-4-19(17,18)14-6-1-2-7-8(5-6)13-10(16)9(15)12-7/h1-2,5,14H,3-4H2,(H,12,15)(H,13,16). The predicted molar refractivity (Wildman–Crippen MR) is 73.3 cm³/mol. The molecule has 0 spiro atoms. The van der Waals surface area contributed by atoms with E-state index < -0.39 is 21.1 Å². The number of rotatable bonds is 4. The Morgan fingerprint density at radius 2 is 1.74 bits per heavy atom. The number of fused-ring (bicyclic) bond motifs is 1. The van der Waals surface area contributed by atoms with Crippen LogP contribution in [-0.4, -0.2) is 30.0 Å². The van der Waals surface area contributed by atoms with E-state index in [9.17, 15) is 18.0 Å². The summed E-state index contributed by atoms with van der Waals surface area (Å²) in [5.41, 5.74) is -0.544. The van der Waals surface area contributed by atoms with Crippen molar-refractivity contribution in [1.29, 1.82) is 0 Å². The molecule has 0 amide bonds. The van der Waals surface area contributed by atoms with Crippen LogP contribution in [0.4, 0.5) is 5.69 Å². The third kappa shape index (κ3) is 3.15. The van der Waals surface area contributed by atoms with Gasteiger partial charge >= 0.3 is 11.1 Å². The number of hydrogen-bond acceptors (Lipinski definition) is 4. The van der Waals surface area contributed by atoms with Gasteiger partial charge in [0.2, 0.25) is 10.0 Å². The number of sulfonamides is 1. The van der Waals surface area contributed by atoms with E-state index in [-0.39, 0.29) is 17.3 Å². The maximum Gasteiger partial charge on any atom is 0.314 e. The summed E-state index contributed by atoms with van der Waals surface area (Å²) in [5, 5.41) is 0. The van der Waals surface area contributed by atoms with Gasteiger partial charge in [-0.25, -0.2) is 8.42 Å². The van der Waals surface area contributed by atoms with Crippen molar-refractivity contribution in [2.75, 3.05) is 16.4 Å². The number of halogens is 1. The fraction of sp³-hybridized carbons (Fsp3) is 0.200. The predicted octanol–water partition coefficient (Wildman–Crippen LogP) is 0.197. The van der Waals surface area contributed by atoms with Crippen molar-refractivity contribution >= 4 is 38.3 Å². The molecule has 102 valence electrons. The van der Waals surface area contributed by atoms with Crippen molar-refractivity contribution in [2.24, 2.45) is 0 Å². The molecular formula is C10H10ClN3O4S. The number of benzene rings is 1. The molecule has 0 atom stereocenters. The van der Waals surface area contributed by atoms with Crippen molar-refractivity contribution < 1.29 is 8.42 Å². The number of nitrogens with one attached hydrogen (secondary N) is 3. The minimum Gasteiger partial charge on any atom is -0.316 e. The molecule has 2 aromatic rings. The zero-order valence-electron chi connectivity index (χ0n) is 9.57. The van der Waals surface area contributed by atoms with E-state index in [2.05, 4.69) is 14.7 Å². The Morgan fingerprint density at radius 1 is 1.11 bits per heavy atom. The average Bonchev–Trinajstić information content (AvgIpc) is 2.30. The largest absolute Gasteiger partial charge is 0.316 e. The molecule has 3 N–H and O–H groups in total. The highest BCUT2D eigenvalue weighted by molar-refractivity contribution is 7.92. The highest BCUT2D eigenvalue weighted by Gasteiger charge is 2.10. The summed E-state index contributed by atoms with van der Waals surface area (Å²) in [6.45, 7) is 0. The number of alkyl halides is 1. The third-order valence-corrected chi connectivity index (χ3v) is 4.04. The van der Waals surface area contributed by atoms with Gasteiger partial charge in [-0.05, 0) is 18.2 Å². The Balaban J connectivity index is 2.45. The summed E-state index contributed by atoms with van der Waals surface area (Å²) in [4.78, 5) is 27.0. The molecule has 0 aliphatic heterocycles. The first-order valence-electron chi connectivity index (χ1n) is 5.24. The first-order chi connectivity index (χ1) is 8.91. The Bertz CT molecular complexity index is 825. The molecular weight excluding hydrogens is 294 g/mol. The van der Waals surface area contributed by atoms with Crippen LogP contribution in [-0.2, 0) is 10.0 Å². The summed E-state index contributed by atoms with van der Waals surface area (Å²) >= 11 is 5.38. The van der Waals surface area contributed by atoms with E-state index in [0.29, 0.717) is 11.0 Å². The SMILES string of the molecule is O=c1[nH]c2ccc(NS(=O)(=O)CCCl)cc2[nH]c1=O. The molecule has 0 saturated heterocycles. The van der Waals surface area contributed by atoms with Crippen molar-refractivity contribution in [2.45, 2.75) is 0 Å². The van der Waals surface area contributed by atoms with Crippen LogP contribution in [0.1, 0.15) is 0 Å². The molecule has 0 radical (unpaired) electrons. The molecule has 1 heterocycles. The second-order valence-corrected chi connectivity index (χ2v) is 6.00. The maximum absolute atomic E-state index is 11.5. The molecule has 0 aliphatic rings. The average molecular weight is 304 g/mol. The Kier molecular flexibility index (Phi) is 3.63. The van der Waals surface area contributed by atoms with E-state index in [1.807, 2.05) is 0 Å². The second-order valence-electron chi connectivity index (χ2n) is 3.78. The zero-order valence-corrected chi connectivity index (χ0v) is 11.1. The van der Waals surface area contributed by atoms with E-state index in [0.717, 1.165) is 0 Å². The van der Waals surface area contributed by atoms with Crippen LogP contribution in [0.25, 0.3) is 11.0 Å².